The Morgan fingerprint density at radius 1 is 1.38 bits per heavy atom. The third-order valence-electron chi connectivity index (χ3n) is 3.79. The molecule has 2 aromatic rings. The number of nitro benzene ring substituents is 1. The molecule has 0 aliphatic carbocycles. The number of rotatable bonds is 3. The fraction of sp³-hybridized carbons (Fsp3) is 0.333. The minimum Gasteiger partial charge on any atom is -0.334 e. The van der Waals surface area contributed by atoms with E-state index in [9.17, 15) is 14.9 Å². The molecule has 128 valence electrons. The Kier molecular flexibility index (Phi) is 5.53. The monoisotopic (exact) mass is 351 g/mol. The zero-order chi connectivity index (χ0) is 16.4. The van der Waals surface area contributed by atoms with Gasteiger partial charge in [-0.15, -0.1) is 12.4 Å². The van der Waals surface area contributed by atoms with Gasteiger partial charge in [0.15, 0.2) is 5.69 Å². The maximum absolute atomic E-state index is 12.5. The minimum absolute atomic E-state index is 0. The van der Waals surface area contributed by atoms with E-state index >= 15 is 0 Å². The van der Waals surface area contributed by atoms with Crippen molar-refractivity contribution in [3.63, 3.8) is 0 Å². The number of para-hydroxylation sites is 2. The summed E-state index contributed by atoms with van der Waals surface area (Å²) in [6.45, 7) is 4.02. The molecule has 0 radical (unpaired) electrons. The third kappa shape index (κ3) is 3.55. The Labute approximate surface area is 145 Å². The van der Waals surface area contributed by atoms with E-state index in [1.54, 1.807) is 35.4 Å². The highest BCUT2D eigenvalue weighted by Crippen LogP contribution is 2.21. The van der Waals surface area contributed by atoms with Gasteiger partial charge in [-0.3, -0.25) is 14.9 Å². The molecule has 9 heteroatoms. The van der Waals surface area contributed by atoms with Crippen molar-refractivity contribution in [1.29, 1.82) is 0 Å². The third-order valence-corrected chi connectivity index (χ3v) is 3.79. The summed E-state index contributed by atoms with van der Waals surface area (Å²) in [5, 5.41) is 18.6. The first kappa shape index (κ1) is 17.9. The van der Waals surface area contributed by atoms with Crippen LogP contribution in [0.3, 0.4) is 0 Å². The minimum atomic E-state index is -0.462. The quantitative estimate of drug-likeness (QED) is 0.670. The molecule has 1 aliphatic heterocycles. The smallest absolute Gasteiger partial charge is 0.294 e. The average molecular weight is 352 g/mol. The van der Waals surface area contributed by atoms with Crippen LogP contribution in [0.2, 0.25) is 0 Å². The number of benzene rings is 1. The Morgan fingerprint density at radius 3 is 2.83 bits per heavy atom. The highest BCUT2D eigenvalue weighted by atomic mass is 35.5. The van der Waals surface area contributed by atoms with E-state index < -0.39 is 4.92 Å². The van der Waals surface area contributed by atoms with Crippen LogP contribution in [0.4, 0.5) is 5.69 Å². The number of nitrogens with one attached hydrogen (secondary N) is 1. The van der Waals surface area contributed by atoms with Gasteiger partial charge in [0, 0.05) is 37.9 Å². The van der Waals surface area contributed by atoms with E-state index in [0.29, 0.717) is 18.8 Å². The fourth-order valence-corrected chi connectivity index (χ4v) is 2.66. The number of halogens is 1. The molecular weight excluding hydrogens is 334 g/mol. The average Bonchev–Trinajstić information content (AvgIpc) is 3.04. The van der Waals surface area contributed by atoms with Crippen LogP contribution in [0.15, 0.2) is 36.5 Å². The van der Waals surface area contributed by atoms with Crippen LogP contribution in [0.5, 0.6) is 0 Å². The van der Waals surface area contributed by atoms with Crippen LogP contribution in [-0.4, -0.2) is 51.2 Å². The molecule has 0 spiro atoms. The van der Waals surface area contributed by atoms with Crippen molar-refractivity contribution in [2.45, 2.75) is 13.0 Å². The van der Waals surface area contributed by atoms with E-state index in [2.05, 4.69) is 10.4 Å². The molecule has 1 fully saturated rings. The summed E-state index contributed by atoms with van der Waals surface area (Å²) in [5.74, 6) is -0.157. The van der Waals surface area contributed by atoms with Crippen molar-refractivity contribution in [1.82, 2.24) is 20.0 Å². The number of nitrogens with zero attached hydrogens (tertiary/aromatic N) is 4. The Hall–Kier alpha value is -2.45. The highest BCUT2D eigenvalue weighted by molar-refractivity contribution is 5.92. The summed E-state index contributed by atoms with van der Waals surface area (Å²) in [5.41, 5.74) is 0.577. The molecule has 0 bridgehead atoms. The molecule has 1 amide bonds. The lowest BCUT2D eigenvalue weighted by atomic mass is 10.2. The van der Waals surface area contributed by atoms with Gasteiger partial charge in [0.25, 0.3) is 11.6 Å². The van der Waals surface area contributed by atoms with Gasteiger partial charge in [0.05, 0.1) is 4.92 Å². The van der Waals surface area contributed by atoms with Crippen molar-refractivity contribution < 1.29 is 9.72 Å². The van der Waals surface area contributed by atoms with Crippen LogP contribution < -0.4 is 5.32 Å². The first-order valence-electron chi connectivity index (χ1n) is 7.38. The normalized spacial score (nSPS) is 17.2. The first-order valence-corrected chi connectivity index (χ1v) is 7.38. The van der Waals surface area contributed by atoms with E-state index in [1.165, 1.54) is 10.7 Å². The van der Waals surface area contributed by atoms with Gasteiger partial charge >= 0.3 is 0 Å². The number of nitro groups is 1. The summed E-state index contributed by atoms with van der Waals surface area (Å²) >= 11 is 0. The highest BCUT2D eigenvalue weighted by Gasteiger charge is 2.24. The van der Waals surface area contributed by atoms with Crippen LogP contribution in [0, 0.1) is 10.1 Å². The van der Waals surface area contributed by atoms with Gasteiger partial charge in [-0.1, -0.05) is 12.1 Å². The lowest BCUT2D eigenvalue weighted by Crippen LogP contribution is -2.51. The van der Waals surface area contributed by atoms with Gasteiger partial charge in [0.1, 0.15) is 5.69 Å². The van der Waals surface area contributed by atoms with Gasteiger partial charge in [-0.2, -0.15) is 5.10 Å². The second kappa shape index (κ2) is 7.41. The molecule has 24 heavy (non-hydrogen) atoms. The van der Waals surface area contributed by atoms with Gasteiger partial charge in [-0.05, 0) is 19.1 Å². The Balaban J connectivity index is 0.00000208. The summed E-state index contributed by atoms with van der Waals surface area (Å²) in [6, 6.07) is 8.14. The molecule has 2 heterocycles. The fourth-order valence-electron chi connectivity index (χ4n) is 2.66. The van der Waals surface area contributed by atoms with Crippen LogP contribution in [-0.2, 0) is 0 Å². The molecule has 1 aromatic heterocycles. The van der Waals surface area contributed by atoms with Crippen LogP contribution >= 0.6 is 12.4 Å². The summed E-state index contributed by atoms with van der Waals surface area (Å²) in [7, 11) is 0. The SMILES string of the molecule is CC1CN(C(=O)c2ccn(-c3ccccc3[N+](=O)[O-])n2)CCN1.Cl. The number of carbonyl (C=O) groups is 1. The first-order chi connectivity index (χ1) is 11.1. The lowest BCUT2D eigenvalue weighted by molar-refractivity contribution is -0.384. The van der Waals surface area contributed by atoms with Gasteiger partial charge in [-0.25, -0.2) is 4.68 Å². The summed E-state index contributed by atoms with van der Waals surface area (Å²) in [6.07, 6.45) is 1.57. The van der Waals surface area contributed by atoms with Gasteiger partial charge in [0.2, 0.25) is 0 Å². The molecule has 1 N–H and O–H groups in total. The van der Waals surface area contributed by atoms with Crippen LogP contribution in [0.25, 0.3) is 5.69 Å². The van der Waals surface area contributed by atoms with Crippen molar-refractivity contribution >= 4 is 24.0 Å². The van der Waals surface area contributed by atoms with E-state index in [-0.39, 0.29) is 35.7 Å². The zero-order valence-corrected chi connectivity index (χ0v) is 13.9. The molecule has 3 rings (SSSR count). The number of hydrogen-bond donors (Lipinski definition) is 1. The Morgan fingerprint density at radius 2 is 2.12 bits per heavy atom. The Bertz CT molecular complexity index is 748. The van der Waals surface area contributed by atoms with Gasteiger partial charge < -0.3 is 10.2 Å². The molecule has 1 atom stereocenters. The number of carbonyl (C=O) groups excluding carboxylic acids is 1. The topological polar surface area (TPSA) is 93.3 Å². The molecule has 1 saturated heterocycles. The number of piperazine rings is 1. The van der Waals surface area contributed by atoms with E-state index in [4.69, 9.17) is 0 Å². The van der Waals surface area contributed by atoms with Crippen molar-refractivity contribution in [3.8, 4) is 5.69 Å². The summed E-state index contributed by atoms with van der Waals surface area (Å²) in [4.78, 5) is 24.9. The maximum atomic E-state index is 12.5. The lowest BCUT2D eigenvalue weighted by Gasteiger charge is -2.31. The van der Waals surface area contributed by atoms with Crippen molar-refractivity contribution in [2.24, 2.45) is 0 Å². The van der Waals surface area contributed by atoms with E-state index in [0.717, 1.165) is 6.54 Å². The number of amides is 1. The largest absolute Gasteiger partial charge is 0.334 e. The molecule has 1 unspecified atom stereocenters. The predicted molar refractivity (Wildman–Crippen MR) is 90.8 cm³/mol. The predicted octanol–water partition coefficient (Wildman–Crippen LogP) is 1.64. The summed E-state index contributed by atoms with van der Waals surface area (Å²) < 4.78 is 1.37. The molecule has 8 nitrogen and oxygen atoms in total. The second-order valence-electron chi connectivity index (χ2n) is 5.50. The van der Waals surface area contributed by atoms with Crippen LogP contribution in [0.1, 0.15) is 17.4 Å². The molecular formula is C15H18ClN5O3. The maximum Gasteiger partial charge on any atom is 0.294 e. The molecule has 0 saturated carbocycles. The van der Waals surface area contributed by atoms with Crippen molar-refractivity contribution in [3.05, 3.63) is 52.3 Å². The number of hydrogen-bond acceptors (Lipinski definition) is 5. The molecule has 1 aromatic carbocycles. The second-order valence-corrected chi connectivity index (χ2v) is 5.50. The number of aromatic nitrogens is 2. The molecule has 1 aliphatic rings. The zero-order valence-electron chi connectivity index (χ0n) is 13.1. The van der Waals surface area contributed by atoms with Crippen molar-refractivity contribution in [2.75, 3.05) is 19.6 Å². The van der Waals surface area contributed by atoms with E-state index in [1.807, 2.05) is 6.92 Å². The standard InChI is InChI=1S/C15H17N5O3.ClH/c1-11-10-18(9-7-16-11)15(21)12-6-8-19(17-12)13-4-2-3-5-14(13)20(22)23;/h2-6,8,11,16H,7,9-10H2,1H3;1H.